The van der Waals surface area contributed by atoms with Crippen molar-refractivity contribution in [2.24, 2.45) is 0 Å². The van der Waals surface area contributed by atoms with Gasteiger partial charge >= 0.3 is 7.60 Å². The van der Waals surface area contributed by atoms with Crippen molar-refractivity contribution < 1.29 is 13.6 Å². The van der Waals surface area contributed by atoms with Gasteiger partial charge in [0.15, 0.2) is 4.99 Å². The van der Waals surface area contributed by atoms with Crippen molar-refractivity contribution in [2.75, 3.05) is 0 Å². The van der Waals surface area contributed by atoms with Crippen LogP contribution in [0.2, 0.25) is 0 Å². The Morgan fingerprint density at radius 1 is 0.567 bits per heavy atom. The molecule has 0 heterocycles. The second-order valence-electron chi connectivity index (χ2n) is 6.54. The fourth-order valence-electron chi connectivity index (χ4n) is 2.93. The molecule has 0 aliphatic carbocycles. The summed E-state index contributed by atoms with van der Waals surface area (Å²) in [7, 11) is -3.70. The smallest absolute Gasteiger partial charge is 0.415 e. The van der Waals surface area contributed by atoms with E-state index < -0.39 is 12.6 Å². The van der Waals surface area contributed by atoms with Crippen LogP contribution in [0.25, 0.3) is 0 Å². The van der Waals surface area contributed by atoms with E-state index in [4.69, 9.17) is 9.05 Å². The minimum absolute atomic E-state index is 0.506. The van der Waals surface area contributed by atoms with Crippen molar-refractivity contribution in [1.29, 1.82) is 0 Å². The summed E-state index contributed by atoms with van der Waals surface area (Å²) in [6.45, 7) is 0. The molecule has 0 fully saturated rings. The Morgan fingerprint density at radius 3 is 1.43 bits per heavy atom. The van der Waals surface area contributed by atoms with Crippen molar-refractivity contribution in [2.45, 2.75) is 9.89 Å². The molecule has 0 saturated heterocycles. The molecule has 0 N–H and O–H groups in total. The molecule has 30 heavy (non-hydrogen) atoms. The average molecular weight is 432 g/mol. The maximum Gasteiger partial charge on any atom is 0.448 e. The Hall–Kier alpha value is -2.94. The predicted octanol–water partition coefficient (Wildman–Crippen LogP) is 7.83. The first kappa shape index (κ1) is 20.3. The summed E-state index contributed by atoms with van der Waals surface area (Å²) < 4.78 is 26.6. The number of para-hydroxylation sites is 2. The zero-order valence-electron chi connectivity index (χ0n) is 16.2. The van der Waals surface area contributed by atoms with Crippen molar-refractivity contribution in [3.8, 4) is 11.5 Å². The van der Waals surface area contributed by atoms with Gasteiger partial charge in [0.2, 0.25) is 0 Å². The van der Waals surface area contributed by atoms with Crippen LogP contribution in [0, 0.1) is 0 Å². The van der Waals surface area contributed by atoms with Gasteiger partial charge in [0.25, 0.3) is 0 Å². The third-order valence-corrected chi connectivity index (χ3v) is 8.25. The van der Waals surface area contributed by atoms with Crippen LogP contribution in [0.5, 0.6) is 11.5 Å². The lowest BCUT2D eigenvalue weighted by molar-refractivity contribution is 0.383. The first-order valence-electron chi connectivity index (χ1n) is 9.59. The lowest BCUT2D eigenvalue weighted by atomic mass is 10.2. The Bertz CT molecular complexity index is 1040. The van der Waals surface area contributed by atoms with Crippen LogP contribution in [0.15, 0.2) is 126 Å². The summed E-state index contributed by atoms with van der Waals surface area (Å²) in [5.41, 5.74) is 0.876. The minimum atomic E-state index is -3.70. The molecule has 0 aliphatic rings. The van der Waals surface area contributed by atoms with E-state index in [1.54, 1.807) is 24.3 Å². The van der Waals surface area contributed by atoms with E-state index in [2.05, 4.69) is 0 Å². The molecule has 4 aromatic carbocycles. The lowest BCUT2D eigenvalue weighted by Gasteiger charge is -2.27. The summed E-state index contributed by atoms with van der Waals surface area (Å²) in [5, 5.41) is 0. The van der Waals surface area contributed by atoms with Gasteiger partial charge in [0.1, 0.15) is 11.5 Å². The van der Waals surface area contributed by atoms with Crippen LogP contribution in [0.3, 0.4) is 0 Å². The Kier molecular flexibility index (Phi) is 6.58. The molecular weight excluding hydrogens is 411 g/mol. The molecule has 4 rings (SSSR count). The van der Waals surface area contributed by atoms with E-state index in [9.17, 15) is 4.57 Å². The van der Waals surface area contributed by atoms with Gasteiger partial charge in [-0.05, 0) is 42.0 Å². The van der Waals surface area contributed by atoms with Crippen LogP contribution in [0.1, 0.15) is 10.6 Å². The molecule has 1 unspecified atom stereocenters. The van der Waals surface area contributed by atoms with Crippen molar-refractivity contribution in [3.05, 3.63) is 127 Å². The SMILES string of the molecule is O=P(Oc1ccccc1)(Oc1ccccc1)C(Sc1ccccc1)c1ccccc1. The van der Waals surface area contributed by atoms with Crippen LogP contribution in [-0.4, -0.2) is 0 Å². The number of rotatable bonds is 8. The molecule has 150 valence electrons. The summed E-state index contributed by atoms with van der Waals surface area (Å²) in [6.07, 6.45) is 0. The zero-order chi connectivity index (χ0) is 20.7. The van der Waals surface area contributed by atoms with Gasteiger partial charge in [0, 0.05) is 4.90 Å². The molecular formula is C25H21O3PS. The van der Waals surface area contributed by atoms with Crippen LogP contribution in [-0.2, 0) is 4.57 Å². The molecule has 0 aromatic heterocycles. The van der Waals surface area contributed by atoms with Crippen molar-refractivity contribution in [1.82, 2.24) is 0 Å². The van der Waals surface area contributed by atoms with E-state index in [1.165, 1.54) is 11.8 Å². The molecule has 0 saturated carbocycles. The van der Waals surface area contributed by atoms with Gasteiger partial charge in [0.05, 0.1) is 0 Å². The molecule has 0 radical (unpaired) electrons. The standard InChI is InChI=1S/C25H21O3PS/c26-29(27-22-15-7-2-8-16-22,28-23-17-9-3-10-18-23)25(21-13-5-1-6-14-21)30-24-19-11-4-12-20-24/h1-20,25H. The molecule has 0 bridgehead atoms. The highest BCUT2D eigenvalue weighted by atomic mass is 32.2. The summed E-state index contributed by atoms with van der Waals surface area (Å²) in [6, 6.07) is 37.9. The second kappa shape index (κ2) is 9.71. The average Bonchev–Trinajstić information content (AvgIpc) is 2.80. The first-order valence-corrected chi connectivity index (χ1v) is 12.1. The Labute approximate surface area is 181 Å². The molecule has 0 amide bonds. The minimum Gasteiger partial charge on any atom is -0.415 e. The number of hydrogen-bond donors (Lipinski definition) is 0. The van der Waals surface area contributed by atoms with E-state index in [1.807, 2.05) is 97.1 Å². The van der Waals surface area contributed by atoms with Gasteiger partial charge < -0.3 is 9.05 Å². The molecule has 1 atom stereocenters. The van der Waals surface area contributed by atoms with Crippen molar-refractivity contribution >= 4 is 19.4 Å². The number of benzene rings is 4. The van der Waals surface area contributed by atoms with Crippen LogP contribution in [0.4, 0.5) is 0 Å². The number of thioether (sulfide) groups is 1. The largest absolute Gasteiger partial charge is 0.448 e. The summed E-state index contributed by atoms with van der Waals surface area (Å²) >= 11 is 1.47. The topological polar surface area (TPSA) is 35.5 Å². The summed E-state index contributed by atoms with van der Waals surface area (Å²) in [5.74, 6) is 1.01. The first-order chi connectivity index (χ1) is 14.7. The highest BCUT2D eigenvalue weighted by Crippen LogP contribution is 2.66. The molecule has 3 nitrogen and oxygen atoms in total. The Balaban J connectivity index is 1.78. The van der Waals surface area contributed by atoms with Gasteiger partial charge in [-0.2, -0.15) is 0 Å². The van der Waals surface area contributed by atoms with Gasteiger partial charge in [-0.3, -0.25) is 0 Å². The molecule has 5 heteroatoms. The van der Waals surface area contributed by atoms with E-state index >= 15 is 0 Å². The van der Waals surface area contributed by atoms with Crippen molar-refractivity contribution in [3.63, 3.8) is 0 Å². The van der Waals surface area contributed by atoms with Gasteiger partial charge in [-0.25, -0.2) is 4.57 Å². The fourth-order valence-corrected chi connectivity index (χ4v) is 6.53. The van der Waals surface area contributed by atoms with Gasteiger partial charge in [-0.1, -0.05) is 84.9 Å². The maximum absolute atomic E-state index is 14.4. The lowest BCUT2D eigenvalue weighted by Crippen LogP contribution is -2.09. The highest BCUT2D eigenvalue weighted by molar-refractivity contribution is 8.05. The van der Waals surface area contributed by atoms with E-state index in [-0.39, 0.29) is 0 Å². The van der Waals surface area contributed by atoms with E-state index in [0.717, 1.165) is 10.5 Å². The van der Waals surface area contributed by atoms with E-state index in [0.29, 0.717) is 11.5 Å². The fraction of sp³-hybridized carbons (Fsp3) is 0.0400. The zero-order valence-corrected chi connectivity index (χ0v) is 17.9. The molecule has 0 aliphatic heterocycles. The van der Waals surface area contributed by atoms with Crippen LogP contribution < -0.4 is 9.05 Å². The third kappa shape index (κ3) is 5.15. The normalized spacial score (nSPS) is 12.1. The number of hydrogen-bond acceptors (Lipinski definition) is 4. The quantitative estimate of drug-likeness (QED) is 0.210. The van der Waals surface area contributed by atoms with Crippen LogP contribution >= 0.6 is 19.4 Å². The Morgan fingerprint density at radius 2 is 0.967 bits per heavy atom. The highest BCUT2D eigenvalue weighted by Gasteiger charge is 2.41. The summed E-state index contributed by atoms with van der Waals surface area (Å²) in [4.78, 5) is 0.432. The third-order valence-electron chi connectivity index (χ3n) is 4.31. The second-order valence-corrected chi connectivity index (χ2v) is 10.0. The predicted molar refractivity (Wildman–Crippen MR) is 123 cm³/mol. The maximum atomic E-state index is 14.4. The molecule has 4 aromatic rings. The van der Waals surface area contributed by atoms with Gasteiger partial charge in [-0.15, -0.1) is 11.8 Å². The monoisotopic (exact) mass is 432 g/mol. The molecule has 0 spiro atoms.